The summed E-state index contributed by atoms with van der Waals surface area (Å²) in [5.41, 5.74) is 0.606. The Balaban J connectivity index is 2.18. The van der Waals surface area contributed by atoms with Crippen molar-refractivity contribution in [2.45, 2.75) is 11.8 Å². The minimum Gasteiger partial charge on any atom is -0.496 e. The predicted octanol–water partition coefficient (Wildman–Crippen LogP) is 2.41. The molecule has 0 saturated heterocycles. The van der Waals surface area contributed by atoms with Crippen LogP contribution in [0.2, 0.25) is 0 Å². The first-order chi connectivity index (χ1) is 11.1. The van der Waals surface area contributed by atoms with Crippen molar-refractivity contribution < 1.29 is 17.9 Å². The minimum atomic E-state index is -3.69. The van der Waals surface area contributed by atoms with Gasteiger partial charge in [0.25, 0.3) is 10.0 Å². The largest absolute Gasteiger partial charge is 0.496 e. The van der Waals surface area contributed by atoms with E-state index in [-0.39, 0.29) is 4.90 Å². The van der Waals surface area contributed by atoms with Crippen molar-refractivity contribution in [2.75, 3.05) is 13.7 Å². The smallest absolute Gasteiger partial charge is 0.276 e. The average molecular weight is 334 g/mol. The molecule has 122 valence electrons. The Morgan fingerprint density at radius 1 is 1.17 bits per heavy atom. The Morgan fingerprint density at radius 3 is 2.57 bits per heavy atom. The van der Waals surface area contributed by atoms with E-state index in [2.05, 4.69) is 9.93 Å². The molecule has 0 unspecified atom stereocenters. The number of rotatable bonds is 7. The SMILES string of the molecule is CCOc1ccc(OC)c(/C=N/NS(=O)(=O)c2ccccc2)c1. The van der Waals surface area contributed by atoms with Crippen molar-refractivity contribution in [3.63, 3.8) is 0 Å². The number of hydrogen-bond acceptors (Lipinski definition) is 5. The number of nitrogens with one attached hydrogen (secondary N) is 1. The van der Waals surface area contributed by atoms with Gasteiger partial charge in [0.15, 0.2) is 0 Å². The maximum absolute atomic E-state index is 12.1. The van der Waals surface area contributed by atoms with Crippen LogP contribution in [0.25, 0.3) is 0 Å². The fourth-order valence-electron chi connectivity index (χ4n) is 1.89. The second-order valence-corrected chi connectivity index (χ2v) is 6.16. The summed E-state index contributed by atoms with van der Waals surface area (Å²) in [5.74, 6) is 1.22. The Kier molecular flexibility index (Phi) is 5.59. The van der Waals surface area contributed by atoms with Crippen LogP contribution < -0.4 is 14.3 Å². The first-order valence-electron chi connectivity index (χ1n) is 6.97. The van der Waals surface area contributed by atoms with E-state index in [0.29, 0.717) is 23.7 Å². The van der Waals surface area contributed by atoms with Crippen molar-refractivity contribution in [1.82, 2.24) is 4.83 Å². The highest BCUT2D eigenvalue weighted by Gasteiger charge is 2.11. The van der Waals surface area contributed by atoms with Gasteiger partial charge in [0.2, 0.25) is 0 Å². The summed E-state index contributed by atoms with van der Waals surface area (Å²) in [7, 11) is -2.16. The second kappa shape index (κ2) is 7.64. The summed E-state index contributed by atoms with van der Waals surface area (Å²) < 4.78 is 34.8. The normalized spacial score (nSPS) is 11.4. The summed E-state index contributed by atoms with van der Waals surface area (Å²) in [4.78, 5) is 2.32. The van der Waals surface area contributed by atoms with Gasteiger partial charge in [0.05, 0.1) is 24.8 Å². The molecule has 0 aromatic heterocycles. The zero-order chi connectivity index (χ0) is 16.7. The Hall–Kier alpha value is -2.54. The molecule has 0 bridgehead atoms. The highest BCUT2D eigenvalue weighted by atomic mass is 32.2. The summed E-state index contributed by atoms with van der Waals surface area (Å²) >= 11 is 0. The molecule has 0 aliphatic heterocycles. The Labute approximate surface area is 135 Å². The fraction of sp³-hybridized carbons (Fsp3) is 0.188. The zero-order valence-electron chi connectivity index (χ0n) is 12.9. The van der Waals surface area contributed by atoms with Gasteiger partial charge in [-0.25, -0.2) is 4.83 Å². The lowest BCUT2D eigenvalue weighted by Crippen LogP contribution is -2.18. The molecule has 0 aliphatic rings. The van der Waals surface area contributed by atoms with E-state index in [1.165, 1.54) is 25.5 Å². The molecule has 0 amide bonds. The van der Waals surface area contributed by atoms with Gasteiger partial charge in [-0.1, -0.05) is 18.2 Å². The molecular weight excluding hydrogens is 316 g/mol. The molecule has 2 rings (SSSR count). The summed E-state index contributed by atoms with van der Waals surface area (Å²) in [6.45, 7) is 2.41. The molecular formula is C16H18N2O4S. The molecule has 0 spiro atoms. The molecule has 0 heterocycles. The van der Waals surface area contributed by atoms with Crippen molar-refractivity contribution in [2.24, 2.45) is 5.10 Å². The lowest BCUT2D eigenvalue weighted by atomic mass is 10.2. The molecule has 0 saturated carbocycles. The van der Waals surface area contributed by atoms with Crippen LogP contribution in [0.4, 0.5) is 0 Å². The van der Waals surface area contributed by atoms with E-state index in [9.17, 15) is 8.42 Å². The number of methoxy groups -OCH3 is 1. The standard InChI is InChI=1S/C16H18N2O4S/c1-3-22-14-9-10-16(21-2)13(11-14)12-17-18-23(19,20)15-7-5-4-6-8-15/h4-12,18H,3H2,1-2H3/b17-12+. The molecule has 0 aliphatic carbocycles. The molecule has 23 heavy (non-hydrogen) atoms. The van der Waals surface area contributed by atoms with Crippen molar-refractivity contribution >= 4 is 16.2 Å². The molecule has 2 aromatic rings. The minimum absolute atomic E-state index is 0.146. The lowest BCUT2D eigenvalue weighted by Gasteiger charge is -2.08. The number of hydrazone groups is 1. The van der Waals surface area contributed by atoms with E-state index >= 15 is 0 Å². The number of nitrogens with zero attached hydrogens (tertiary/aromatic N) is 1. The van der Waals surface area contributed by atoms with Crippen LogP contribution in [0.1, 0.15) is 12.5 Å². The number of ether oxygens (including phenoxy) is 2. The van der Waals surface area contributed by atoms with E-state index in [1.807, 2.05) is 6.92 Å². The first-order valence-corrected chi connectivity index (χ1v) is 8.46. The molecule has 7 heteroatoms. The first kappa shape index (κ1) is 16.8. The van der Waals surface area contributed by atoms with Gasteiger partial charge in [0.1, 0.15) is 11.5 Å². The maximum Gasteiger partial charge on any atom is 0.276 e. The Bertz CT molecular complexity index is 774. The lowest BCUT2D eigenvalue weighted by molar-refractivity contribution is 0.339. The molecule has 2 aromatic carbocycles. The highest BCUT2D eigenvalue weighted by molar-refractivity contribution is 7.89. The zero-order valence-corrected chi connectivity index (χ0v) is 13.7. The Morgan fingerprint density at radius 2 is 1.91 bits per heavy atom. The molecule has 1 N–H and O–H groups in total. The van der Waals surface area contributed by atoms with Gasteiger partial charge < -0.3 is 9.47 Å². The predicted molar refractivity (Wildman–Crippen MR) is 88.5 cm³/mol. The highest BCUT2D eigenvalue weighted by Crippen LogP contribution is 2.22. The monoisotopic (exact) mass is 334 g/mol. The third-order valence-electron chi connectivity index (χ3n) is 2.94. The van der Waals surface area contributed by atoms with Gasteiger partial charge in [-0.2, -0.15) is 13.5 Å². The summed E-state index contributed by atoms with van der Waals surface area (Å²) in [6.07, 6.45) is 1.38. The maximum atomic E-state index is 12.1. The third kappa shape index (κ3) is 4.46. The van der Waals surface area contributed by atoms with Crippen LogP contribution in [0.3, 0.4) is 0 Å². The third-order valence-corrected chi connectivity index (χ3v) is 4.18. The van der Waals surface area contributed by atoms with Crippen LogP contribution in [0.5, 0.6) is 11.5 Å². The topological polar surface area (TPSA) is 77.0 Å². The van der Waals surface area contributed by atoms with Crippen LogP contribution in [0.15, 0.2) is 58.5 Å². The second-order valence-electron chi connectivity index (χ2n) is 4.50. The van der Waals surface area contributed by atoms with E-state index < -0.39 is 10.0 Å². The molecule has 0 atom stereocenters. The van der Waals surface area contributed by atoms with Crippen molar-refractivity contribution in [1.29, 1.82) is 0 Å². The number of sulfonamides is 1. The van der Waals surface area contributed by atoms with Crippen LogP contribution in [-0.4, -0.2) is 28.3 Å². The van der Waals surface area contributed by atoms with Gasteiger partial charge >= 0.3 is 0 Å². The van der Waals surface area contributed by atoms with E-state index in [4.69, 9.17) is 9.47 Å². The molecule has 0 radical (unpaired) electrons. The molecule has 0 fully saturated rings. The van der Waals surface area contributed by atoms with E-state index in [0.717, 1.165) is 0 Å². The van der Waals surface area contributed by atoms with Gasteiger partial charge in [-0.15, -0.1) is 0 Å². The summed E-state index contributed by atoms with van der Waals surface area (Å²) in [6, 6.07) is 13.3. The van der Waals surface area contributed by atoms with E-state index in [1.54, 1.807) is 36.4 Å². The van der Waals surface area contributed by atoms with Gasteiger partial charge in [-0.3, -0.25) is 0 Å². The van der Waals surface area contributed by atoms with Gasteiger partial charge in [-0.05, 0) is 37.3 Å². The average Bonchev–Trinajstić information content (AvgIpc) is 2.56. The number of hydrogen-bond donors (Lipinski definition) is 1. The van der Waals surface area contributed by atoms with Crippen LogP contribution >= 0.6 is 0 Å². The fourth-order valence-corrected chi connectivity index (χ4v) is 2.70. The van der Waals surface area contributed by atoms with Gasteiger partial charge in [0, 0.05) is 5.56 Å². The van der Waals surface area contributed by atoms with Crippen LogP contribution in [0, 0.1) is 0 Å². The number of benzene rings is 2. The van der Waals surface area contributed by atoms with Crippen molar-refractivity contribution in [3.8, 4) is 11.5 Å². The summed E-state index contributed by atoms with van der Waals surface area (Å²) in [5, 5.41) is 3.80. The molecule has 6 nitrogen and oxygen atoms in total. The van der Waals surface area contributed by atoms with Crippen molar-refractivity contribution in [3.05, 3.63) is 54.1 Å². The quantitative estimate of drug-likeness (QED) is 0.623. The van der Waals surface area contributed by atoms with Crippen LogP contribution in [-0.2, 0) is 10.0 Å².